The molecule has 0 fully saturated rings. The molecule has 8 heteroatoms. The molecule has 0 radical (unpaired) electrons. The molecule has 0 saturated carbocycles. The minimum absolute atomic E-state index is 0.183. The van der Waals surface area contributed by atoms with Crippen molar-refractivity contribution < 1.29 is 14.3 Å². The fourth-order valence-corrected chi connectivity index (χ4v) is 1.07. The summed E-state index contributed by atoms with van der Waals surface area (Å²) >= 11 is 0. The van der Waals surface area contributed by atoms with Crippen molar-refractivity contribution >= 4 is 11.8 Å². The summed E-state index contributed by atoms with van der Waals surface area (Å²) in [5.74, 6) is 0.444. The highest BCUT2D eigenvalue weighted by atomic mass is 16.5. The molecular weight excluding hydrogens is 238 g/mol. The summed E-state index contributed by atoms with van der Waals surface area (Å²) in [6.07, 6.45) is 2.90. The summed E-state index contributed by atoms with van der Waals surface area (Å²) in [5, 5.41) is 5.18. The quantitative estimate of drug-likeness (QED) is 0.428. The van der Waals surface area contributed by atoms with Gasteiger partial charge in [0.25, 0.3) is 0 Å². The number of aromatic nitrogens is 2. The van der Waals surface area contributed by atoms with E-state index in [4.69, 9.17) is 15.2 Å². The van der Waals surface area contributed by atoms with E-state index in [2.05, 4.69) is 20.6 Å². The molecule has 100 valence electrons. The number of carbonyl (C=O) groups excluding carboxylic acids is 1. The average molecular weight is 255 g/mol. The number of amides is 2. The largest absolute Gasteiger partial charge is 0.377 e. The van der Waals surface area contributed by atoms with Crippen molar-refractivity contribution in [1.82, 2.24) is 15.3 Å². The highest BCUT2D eigenvalue weighted by Gasteiger charge is 2.00. The van der Waals surface area contributed by atoms with E-state index in [0.29, 0.717) is 32.2 Å². The average Bonchev–Trinajstić information content (AvgIpc) is 2.39. The van der Waals surface area contributed by atoms with Gasteiger partial charge in [-0.2, -0.15) is 0 Å². The van der Waals surface area contributed by atoms with Crippen molar-refractivity contribution in [3.63, 3.8) is 0 Å². The molecule has 1 aromatic heterocycles. The Balaban J connectivity index is 2.00. The Hall–Kier alpha value is -1.77. The number of nitrogens with zero attached hydrogens (tertiary/aromatic N) is 2. The van der Waals surface area contributed by atoms with Crippen LogP contribution in [-0.4, -0.2) is 49.1 Å². The van der Waals surface area contributed by atoms with Crippen molar-refractivity contribution in [2.75, 3.05) is 38.4 Å². The Labute approximate surface area is 105 Å². The zero-order valence-electron chi connectivity index (χ0n) is 9.96. The molecule has 1 heterocycles. The summed E-state index contributed by atoms with van der Waals surface area (Å²) in [6.45, 7) is 1.89. The van der Waals surface area contributed by atoms with Gasteiger partial charge in [0.05, 0.1) is 26.6 Å². The molecule has 0 bridgehead atoms. The number of ether oxygens (including phenoxy) is 2. The molecule has 8 nitrogen and oxygen atoms in total. The van der Waals surface area contributed by atoms with Crippen LogP contribution in [0.2, 0.25) is 0 Å². The smallest absolute Gasteiger partial charge is 0.320 e. The second-order valence-electron chi connectivity index (χ2n) is 3.16. The number of nitrogens with one attached hydrogen (secondary N) is 2. The van der Waals surface area contributed by atoms with Gasteiger partial charge in [0.1, 0.15) is 12.1 Å². The van der Waals surface area contributed by atoms with E-state index >= 15 is 0 Å². The van der Waals surface area contributed by atoms with E-state index in [1.165, 1.54) is 6.33 Å². The van der Waals surface area contributed by atoms with Gasteiger partial charge in [0.15, 0.2) is 0 Å². The predicted octanol–water partition coefficient (Wildman–Crippen LogP) is -0.453. The van der Waals surface area contributed by atoms with Gasteiger partial charge >= 0.3 is 6.03 Å². The number of rotatable bonds is 8. The first-order chi connectivity index (χ1) is 8.83. The molecule has 0 atom stereocenters. The lowest BCUT2D eigenvalue weighted by Crippen LogP contribution is -2.32. The standard InChI is InChI=1S/C10H17N5O3/c11-7-18-6-5-17-4-3-13-10(16)15-9-1-2-12-8-14-9/h1-2,8H,3-7,11H2,(H2,12,13,14,15,16). The highest BCUT2D eigenvalue weighted by molar-refractivity contribution is 5.87. The first-order valence-corrected chi connectivity index (χ1v) is 5.49. The maximum absolute atomic E-state index is 11.4. The van der Waals surface area contributed by atoms with Crippen LogP contribution in [0, 0.1) is 0 Å². The number of carbonyl (C=O) groups is 1. The molecule has 0 spiro atoms. The molecule has 18 heavy (non-hydrogen) atoms. The van der Waals surface area contributed by atoms with Gasteiger partial charge in [-0.15, -0.1) is 0 Å². The SMILES string of the molecule is NCOCCOCCNC(=O)Nc1ccncn1. The minimum atomic E-state index is -0.337. The Morgan fingerprint density at radius 3 is 2.89 bits per heavy atom. The van der Waals surface area contributed by atoms with Crippen LogP contribution in [0.3, 0.4) is 0 Å². The molecule has 0 unspecified atom stereocenters. The third-order valence-corrected chi connectivity index (χ3v) is 1.85. The third-order valence-electron chi connectivity index (χ3n) is 1.85. The molecular formula is C10H17N5O3. The monoisotopic (exact) mass is 255 g/mol. The summed E-state index contributed by atoms with van der Waals surface area (Å²) in [5.41, 5.74) is 5.13. The van der Waals surface area contributed by atoms with Crippen molar-refractivity contribution in [2.45, 2.75) is 0 Å². The van der Waals surface area contributed by atoms with Gasteiger partial charge in [-0.3, -0.25) is 5.32 Å². The van der Waals surface area contributed by atoms with E-state index in [9.17, 15) is 4.79 Å². The van der Waals surface area contributed by atoms with E-state index in [1.54, 1.807) is 12.3 Å². The maximum Gasteiger partial charge on any atom is 0.320 e. The second-order valence-corrected chi connectivity index (χ2v) is 3.16. The van der Waals surface area contributed by atoms with Crippen LogP contribution in [0.5, 0.6) is 0 Å². The van der Waals surface area contributed by atoms with Gasteiger partial charge in [-0.1, -0.05) is 0 Å². The van der Waals surface area contributed by atoms with E-state index in [0.717, 1.165) is 0 Å². The van der Waals surface area contributed by atoms with Gasteiger partial charge in [-0.25, -0.2) is 14.8 Å². The summed E-state index contributed by atoms with van der Waals surface area (Å²) < 4.78 is 10.1. The Kier molecular flexibility index (Phi) is 7.37. The molecule has 0 aliphatic carbocycles. The third kappa shape index (κ3) is 6.74. The molecule has 0 aliphatic rings. The van der Waals surface area contributed by atoms with Crippen molar-refractivity contribution in [3.8, 4) is 0 Å². The molecule has 0 aromatic carbocycles. The predicted molar refractivity (Wildman–Crippen MR) is 64.9 cm³/mol. The van der Waals surface area contributed by atoms with Crippen molar-refractivity contribution in [2.24, 2.45) is 5.73 Å². The maximum atomic E-state index is 11.4. The highest BCUT2D eigenvalue weighted by Crippen LogP contribution is 1.96. The lowest BCUT2D eigenvalue weighted by Gasteiger charge is -2.07. The molecule has 4 N–H and O–H groups in total. The zero-order chi connectivity index (χ0) is 13.1. The summed E-state index contributed by atoms with van der Waals surface area (Å²) in [7, 11) is 0. The van der Waals surface area contributed by atoms with Crippen LogP contribution in [-0.2, 0) is 9.47 Å². The Morgan fingerprint density at radius 1 is 1.33 bits per heavy atom. The molecule has 0 saturated heterocycles. The van der Waals surface area contributed by atoms with Crippen LogP contribution in [0.1, 0.15) is 0 Å². The lowest BCUT2D eigenvalue weighted by atomic mass is 10.6. The number of hydrogen-bond donors (Lipinski definition) is 3. The Bertz CT molecular complexity index is 336. The number of hydrogen-bond acceptors (Lipinski definition) is 6. The fraction of sp³-hybridized carbons (Fsp3) is 0.500. The summed E-state index contributed by atoms with van der Waals surface area (Å²) in [6, 6.07) is 1.26. The topological polar surface area (TPSA) is 111 Å². The number of nitrogens with two attached hydrogens (primary N) is 1. The van der Waals surface area contributed by atoms with Crippen LogP contribution >= 0.6 is 0 Å². The summed E-state index contributed by atoms with van der Waals surface area (Å²) in [4.78, 5) is 19.0. The van der Waals surface area contributed by atoms with E-state index in [1.807, 2.05) is 0 Å². The van der Waals surface area contributed by atoms with Gasteiger partial charge in [0, 0.05) is 12.7 Å². The minimum Gasteiger partial charge on any atom is -0.377 e. The lowest BCUT2D eigenvalue weighted by molar-refractivity contribution is 0.0520. The molecule has 1 aromatic rings. The van der Waals surface area contributed by atoms with Crippen LogP contribution in [0.4, 0.5) is 10.6 Å². The van der Waals surface area contributed by atoms with E-state index < -0.39 is 0 Å². The van der Waals surface area contributed by atoms with Crippen LogP contribution in [0.25, 0.3) is 0 Å². The zero-order valence-corrected chi connectivity index (χ0v) is 9.96. The Morgan fingerprint density at radius 2 is 2.17 bits per heavy atom. The number of urea groups is 1. The van der Waals surface area contributed by atoms with Crippen molar-refractivity contribution in [3.05, 3.63) is 18.6 Å². The van der Waals surface area contributed by atoms with Gasteiger partial charge in [0.2, 0.25) is 0 Å². The molecule has 2 amide bonds. The first kappa shape index (κ1) is 14.3. The fourth-order valence-electron chi connectivity index (χ4n) is 1.07. The van der Waals surface area contributed by atoms with E-state index in [-0.39, 0.29) is 12.8 Å². The van der Waals surface area contributed by atoms with Crippen molar-refractivity contribution in [1.29, 1.82) is 0 Å². The number of anilines is 1. The first-order valence-electron chi connectivity index (χ1n) is 5.49. The van der Waals surface area contributed by atoms with Gasteiger partial charge in [-0.05, 0) is 6.07 Å². The van der Waals surface area contributed by atoms with Crippen LogP contribution < -0.4 is 16.4 Å². The van der Waals surface area contributed by atoms with Gasteiger partial charge < -0.3 is 20.5 Å². The molecule has 0 aliphatic heterocycles. The molecule has 1 rings (SSSR count). The normalized spacial score (nSPS) is 10.1. The van der Waals surface area contributed by atoms with Crippen LogP contribution in [0.15, 0.2) is 18.6 Å². The second kappa shape index (κ2) is 9.28.